The van der Waals surface area contributed by atoms with Crippen LogP contribution in [0, 0.1) is 17.8 Å². The van der Waals surface area contributed by atoms with E-state index in [1.807, 2.05) is 35.0 Å². The summed E-state index contributed by atoms with van der Waals surface area (Å²) < 4.78 is 1.92. The van der Waals surface area contributed by atoms with Crippen LogP contribution in [0.5, 0.6) is 0 Å². The van der Waals surface area contributed by atoms with Gasteiger partial charge in [0.25, 0.3) is 0 Å². The van der Waals surface area contributed by atoms with Crippen LogP contribution in [0.25, 0.3) is 5.69 Å². The minimum atomic E-state index is 0.171. The quantitative estimate of drug-likeness (QED) is 0.929. The highest BCUT2D eigenvalue weighted by Gasteiger charge is 2.48. The Hall–Kier alpha value is -2.10. The number of hydrogen-bond donors (Lipinski definition) is 1. The highest BCUT2D eigenvalue weighted by molar-refractivity contribution is 5.94. The monoisotopic (exact) mass is 267 g/mol. The fourth-order valence-electron chi connectivity index (χ4n) is 3.37. The van der Waals surface area contributed by atoms with Crippen molar-refractivity contribution in [3.05, 3.63) is 43.0 Å². The molecule has 2 unspecified atom stereocenters. The van der Waals surface area contributed by atoms with Gasteiger partial charge in [0.1, 0.15) is 0 Å². The van der Waals surface area contributed by atoms with Crippen LogP contribution in [0.2, 0.25) is 0 Å². The lowest BCUT2D eigenvalue weighted by atomic mass is 10.0. The number of carbonyl (C=O) groups is 1. The van der Waals surface area contributed by atoms with Gasteiger partial charge in [0.2, 0.25) is 5.91 Å². The molecule has 1 heterocycles. The first kappa shape index (κ1) is 11.7. The Morgan fingerprint density at radius 2 is 2.00 bits per heavy atom. The number of benzene rings is 1. The van der Waals surface area contributed by atoms with E-state index in [-0.39, 0.29) is 11.8 Å². The number of amides is 1. The maximum absolute atomic E-state index is 12.4. The van der Waals surface area contributed by atoms with Crippen molar-refractivity contribution in [1.82, 2.24) is 9.55 Å². The number of imidazole rings is 1. The van der Waals surface area contributed by atoms with Gasteiger partial charge in [0.15, 0.2) is 0 Å². The highest BCUT2D eigenvalue weighted by atomic mass is 16.1. The Bertz CT molecular complexity index is 625. The Balaban J connectivity index is 1.55. The molecule has 1 aromatic carbocycles. The van der Waals surface area contributed by atoms with Crippen LogP contribution in [0.3, 0.4) is 0 Å². The Labute approximate surface area is 117 Å². The van der Waals surface area contributed by atoms with Crippen LogP contribution in [-0.2, 0) is 4.79 Å². The smallest absolute Gasteiger partial charge is 0.227 e. The van der Waals surface area contributed by atoms with E-state index in [0.29, 0.717) is 0 Å². The zero-order valence-electron chi connectivity index (χ0n) is 11.2. The molecule has 2 aliphatic rings. The summed E-state index contributed by atoms with van der Waals surface area (Å²) in [5, 5.41) is 3.09. The minimum absolute atomic E-state index is 0.171. The molecule has 102 valence electrons. The van der Waals surface area contributed by atoms with Crippen molar-refractivity contribution in [3.63, 3.8) is 0 Å². The molecule has 2 fully saturated rings. The topological polar surface area (TPSA) is 46.9 Å². The second-order valence-electron chi connectivity index (χ2n) is 5.90. The summed E-state index contributed by atoms with van der Waals surface area (Å²) in [5.74, 6) is 2.03. The average molecular weight is 267 g/mol. The van der Waals surface area contributed by atoms with Gasteiger partial charge in [-0.05, 0) is 43.2 Å². The van der Waals surface area contributed by atoms with Gasteiger partial charge in [0.05, 0.1) is 17.7 Å². The van der Waals surface area contributed by atoms with E-state index >= 15 is 0 Å². The molecule has 0 saturated heterocycles. The standard InChI is InChI=1S/C16H17N3O/c20-16(13-8-11-7-12(11)9-13)18-14-3-1-2-4-15(14)19-6-5-17-10-19/h1-6,10-13H,7-9H2,(H,18,20). The molecule has 1 aromatic heterocycles. The second kappa shape index (κ2) is 4.47. The summed E-state index contributed by atoms with van der Waals surface area (Å²) in [6.07, 6.45) is 8.86. The lowest BCUT2D eigenvalue weighted by Gasteiger charge is -2.15. The van der Waals surface area contributed by atoms with Crippen molar-refractivity contribution in [2.45, 2.75) is 19.3 Å². The van der Waals surface area contributed by atoms with Crippen molar-refractivity contribution in [1.29, 1.82) is 0 Å². The van der Waals surface area contributed by atoms with Crippen LogP contribution < -0.4 is 5.32 Å². The first-order valence-electron chi connectivity index (χ1n) is 7.19. The zero-order valence-corrected chi connectivity index (χ0v) is 11.2. The van der Waals surface area contributed by atoms with Gasteiger partial charge in [0, 0.05) is 18.3 Å². The molecule has 1 amide bonds. The number of para-hydroxylation sites is 2. The van der Waals surface area contributed by atoms with Crippen molar-refractivity contribution in [2.24, 2.45) is 17.8 Å². The molecule has 1 N–H and O–H groups in total. The number of carbonyl (C=O) groups excluding carboxylic acids is 1. The summed E-state index contributed by atoms with van der Waals surface area (Å²) in [5.41, 5.74) is 1.82. The van der Waals surface area contributed by atoms with Crippen molar-refractivity contribution in [3.8, 4) is 5.69 Å². The first-order valence-corrected chi connectivity index (χ1v) is 7.19. The predicted molar refractivity (Wildman–Crippen MR) is 76.5 cm³/mol. The van der Waals surface area contributed by atoms with E-state index in [1.54, 1.807) is 12.5 Å². The number of nitrogens with one attached hydrogen (secondary N) is 1. The van der Waals surface area contributed by atoms with E-state index in [2.05, 4.69) is 10.3 Å². The van der Waals surface area contributed by atoms with Crippen LogP contribution in [-0.4, -0.2) is 15.5 Å². The number of hydrogen-bond acceptors (Lipinski definition) is 2. The Kier molecular flexibility index (Phi) is 2.62. The lowest BCUT2D eigenvalue weighted by Crippen LogP contribution is -2.22. The van der Waals surface area contributed by atoms with E-state index in [9.17, 15) is 4.79 Å². The molecule has 2 aromatic rings. The summed E-state index contributed by atoms with van der Waals surface area (Å²) in [6, 6.07) is 7.85. The Morgan fingerprint density at radius 1 is 1.20 bits per heavy atom. The van der Waals surface area contributed by atoms with Gasteiger partial charge in [-0.25, -0.2) is 4.98 Å². The molecule has 4 nitrogen and oxygen atoms in total. The molecule has 4 rings (SSSR count). The van der Waals surface area contributed by atoms with Crippen molar-refractivity contribution >= 4 is 11.6 Å². The maximum Gasteiger partial charge on any atom is 0.227 e. The van der Waals surface area contributed by atoms with Crippen LogP contribution in [0.1, 0.15) is 19.3 Å². The van der Waals surface area contributed by atoms with Crippen LogP contribution in [0.15, 0.2) is 43.0 Å². The minimum Gasteiger partial charge on any atom is -0.324 e. The number of rotatable bonds is 3. The predicted octanol–water partition coefficient (Wildman–Crippen LogP) is 2.86. The zero-order chi connectivity index (χ0) is 13.5. The normalized spacial score (nSPS) is 27.1. The van der Waals surface area contributed by atoms with E-state index in [0.717, 1.165) is 36.1 Å². The molecular weight excluding hydrogens is 250 g/mol. The van der Waals surface area contributed by atoms with Gasteiger partial charge in [-0.15, -0.1) is 0 Å². The summed E-state index contributed by atoms with van der Waals surface area (Å²) in [7, 11) is 0. The molecule has 2 saturated carbocycles. The summed E-state index contributed by atoms with van der Waals surface area (Å²) in [4.78, 5) is 16.4. The van der Waals surface area contributed by atoms with Gasteiger partial charge in [-0.2, -0.15) is 0 Å². The van der Waals surface area contributed by atoms with E-state index in [4.69, 9.17) is 0 Å². The van der Waals surface area contributed by atoms with Gasteiger partial charge in [-0.1, -0.05) is 12.1 Å². The third-order valence-electron chi connectivity index (χ3n) is 4.56. The largest absolute Gasteiger partial charge is 0.324 e. The molecule has 4 heteroatoms. The third-order valence-corrected chi connectivity index (χ3v) is 4.56. The van der Waals surface area contributed by atoms with Gasteiger partial charge in [-0.3, -0.25) is 4.79 Å². The number of nitrogens with zero attached hydrogens (tertiary/aromatic N) is 2. The fraction of sp³-hybridized carbons (Fsp3) is 0.375. The molecule has 0 bridgehead atoms. The van der Waals surface area contributed by atoms with Crippen molar-refractivity contribution in [2.75, 3.05) is 5.32 Å². The highest BCUT2D eigenvalue weighted by Crippen LogP contribution is 2.54. The van der Waals surface area contributed by atoms with E-state index in [1.165, 1.54) is 6.42 Å². The van der Waals surface area contributed by atoms with Crippen LogP contribution >= 0.6 is 0 Å². The molecule has 2 aliphatic carbocycles. The fourth-order valence-corrected chi connectivity index (χ4v) is 3.37. The van der Waals surface area contributed by atoms with E-state index < -0.39 is 0 Å². The third kappa shape index (κ3) is 2.01. The molecule has 20 heavy (non-hydrogen) atoms. The number of anilines is 1. The molecule has 2 atom stereocenters. The summed E-state index contributed by atoms with van der Waals surface area (Å²) in [6.45, 7) is 0. The second-order valence-corrected chi connectivity index (χ2v) is 5.90. The van der Waals surface area contributed by atoms with Crippen molar-refractivity contribution < 1.29 is 4.79 Å². The SMILES string of the molecule is O=C(Nc1ccccc1-n1ccnc1)C1CC2CC2C1. The number of aromatic nitrogens is 2. The molecule has 0 aliphatic heterocycles. The Morgan fingerprint density at radius 3 is 2.75 bits per heavy atom. The molecule has 0 spiro atoms. The van der Waals surface area contributed by atoms with Crippen LogP contribution in [0.4, 0.5) is 5.69 Å². The first-order chi connectivity index (χ1) is 9.81. The summed E-state index contributed by atoms with van der Waals surface area (Å²) >= 11 is 0. The average Bonchev–Trinajstić information content (AvgIpc) is 2.91. The van der Waals surface area contributed by atoms with Gasteiger partial charge >= 0.3 is 0 Å². The number of fused-ring (bicyclic) bond motifs is 1. The molecular formula is C16H17N3O. The molecule has 0 radical (unpaired) electrons. The maximum atomic E-state index is 12.4. The van der Waals surface area contributed by atoms with Gasteiger partial charge < -0.3 is 9.88 Å². The lowest BCUT2D eigenvalue weighted by molar-refractivity contribution is -0.120.